The van der Waals surface area contributed by atoms with E-state index in [-0.39, 0.29) is 5.78 Å². The Hall–Kier alpha value is -1.24. The summed E-state index contributed by atoms with van der Waals surface area (Å²) in [7, 11) is 0. The zero-order valence-corrected chi connectivity index (χ0v) is 22.4. The predicted molar refractivity (Wildman–Crippen MR) is 138 cm³/mol. The lowest BCUT2D eigenvalue weighted by molar-refractivity contribution is 0.0941. The highest BCUT2D eigenvalue weighted by atomic mass is 35.5. The van der Waals surface area contributed by atoms with Gasteiger partial charge in [0.2, 0.25) is 5.78 Å². The van der Waals surface area contributed by atoms with Gasteiger partial charge in [0.15, 0.2) is 4.33 Å². The molecule has 0 radical (unpaired) electrons. The SMILES string of the molecule is CC=CC1CCC(c2c(C)c(C#N)c3n2CCC(Cl)(Cl)C3=O)CCCCCCCC(C)(C)C1. The van der Waals surface area contributed by atoms with Crippen LogP contribution in [0.2, 0.25) is 0 Å². The summed E-state index contributed by atoms with van der Waals surface area (Å²) in [4.78, 5) is 13.1. The average Bonchev–Trinajstić information content (AvgIpc) is 3.03. The molecule has 5 heteroatoms. The molecule has 3 nitrogen and oxygen atoms in total. The van der Waals surface area contributed by atoms with E-state index in [9.17, 15) is 10.1 Å². The van der Waals surface area contributed by atoms with Crippen LogP contribution in [0.3, 0.4) is 0 Å². The lowest BCUT2D eigenvalue weighted by Gasteiger charge is -2.31. The van der Waals surface area contributed by atoms with Gasteiger partial charge in [-0.25, -0.2) is 0 Å². The number of carbonyl (C=O) groups excluding carboxylic acids is 1. The summed E-state index contributed by atoms with van der Waals surface area (Å²) in [6.45, 7) is 9.56. The number of Topliss-reactive ketones (excluding diaryl/α,β-unsaturated/α-hetero) is 1. The molecule has 0 aromatic carbocycles. The van der Waals surface area contributed by atoms with Crippen molar-refractivity contribution in [2.45, 2.75) is 115 Å². The van der Waals surface area contributed by atoms with Crippen molar-refractivity contribution >= 4 is 29.0 Å². The lowest BCUT2D eigenvalue weighted by Crippen LogP contribution is -2.36. The molecule has 33 heavy (non-hydrogen) atoms. The molecule has 0 spiro atoms. The number of alkyl halides is 2. The molecular weight excluding hydrogens is 451 g/mol. The third-order valence-electron chi connectivity index (χ3n) is 7.82. The Morgan fingerprint density at radius 2 is 1.76 bits per heavy atom. The van der Waals surface area contributed by atoms with Gasteiger partial charge in [0.05, 0.1) is 5.56 Å². The first-order valence-corrected chi connectivity index (χ1v) is 13.6. The van der Waals surface area contributed by atoms with E-state index in [1.807, 2.05) is 6.92 Å². The number of aromatic nitrogens is 1. The highest BCUT2D eigenvalue weighted by molar-refractivity contribution is 6.60. The molecule has 1 fully saturated rings. The Balaban J connectivity index is 1.97. The first-order chi connectivity index (χ1) is 15.6. The number of hydrogen-bond acceptors (Lipinski definition) is 2. The van der Waals surface area contributed by atoms with Gasteiger partial charge in [0, 0.05) is 18.7 Å². The minimum absolute atomic E-state index is 0.318. The maximum atomic E-state index is 13.1. The van der Waals surface area contributed by atoms with Crippen LogP contribution in [-0.4, -0.2) is 14.7 Å². The molecule has 1 aliphatic heterocycles. The van der Waals surface area contributed by atoms with Crippen molar-refractivity contribution in [1.29, 1.82) is 5.26 Å². The van der Waals surface area contributed by atoms with Gasteiger partial charge in [0.25, 0.3) is 0 Å². The van der Waals surface area contributed by atoms with Crippen LogP contribution in [-0.2, 0) is 6.54 Å². The molecule has 182 valence electrons. The van der Waals surface area contributed by atoms with Crippen LogP contribution >= 0.6 is 23.2 Å². The smallest absolute Gasteiger partial charge is 0.216 e. The van der Waals surface area contributed by atoms with Gasteiger partial charge in [-0.3, -0.25) is 4.79 Å². The molecule has 2 unspecified atom stereocenters. The van der Waals surface area contributed by atoms with E-state index in [1.165, 1.54) is 50.6 Å². The van der Waals surface area contributed by atoms with Crippen molar-refractivity contribution in [1.82, 2.24) is 4.57 Å². The normalized spacial score (nSPS) is 26.6. The van der Waals surface area contributed by atoms with Crippen LogP contribution in [0.1, 0.15) is 125 Å². The van der Waals surface area contributed by atoms with E-state index in [0.717, 1.165) is 24.8 Å². The second kappa shape index (κ2) is 11.0. The lowest BCUT2D eigenvalue weighted by atomic mass is 9.76. The van der Waals surface area contributed by atoms with Crippen molar-refractivity contribution in [3.63, 3.8) is 0 Å². The Morgan fingerprint density at radius 1 is 1.06 bits per heavy atom. The number of allylic oxidation sites excluding steroid dienone is 2. The van der Waals surface area contributed by atoms with Crippen LogP contribution in [0.25, 0.3) is 0 Å². The van der Waals surface area contributed by atoms with Crippen molar-refractivity contribution in [2.24, 2.45) is 11.3 Å². The second-order valence-corrected chi connectivity index (χ2v) is 12.5. The number of halogens is 2. The van der Waals surface area contributed by atoms with E-state index < -0.39 is 4.33 Å². The number of nitriles is 1. The monoisotopic (exact) mass is 490 g/mol. The minimum atomic E-state index is -1.43. The summed E-state index contributed by atoms with van der Waals surface area (Å²) in [5.74, 6) is 0.578. The van der Waals surface area contributed by atoms with Gasteiger partial charge >= 0.3 is 0 Å². The van der Waals surface area contributed by atoms with Gasteiger partial charge in [-0.15, -0.1) is 0 Å². The molecule has 0 N–H and O–H groups in total. The highest BCUT2D eigenvalue weighted by Gasteiger charge is 2.43. The van der Waals surface area contributed by atoms with E-state index in [2.05, 4.69) is 43.6 Å². The number of rotatable bonds is 2. The van der Waals surface area contributed by atoms with Crippen molar-refractivity contribution in [3.8, 4) is 6.07 Å². The minimum Gasteiger partial charge on any atom is -0.340 e. The van der Waals surface area contributed by atoms with Gasteiger partial charge < -0.3 is 4.57 Å². The summed E-state index contributed by atoms with van der Waals surface area (Å²) in [6, 6.07) is 2.30. The largest absolute Gasteiger partial charge is 0.340 e. The molecule has 0 amide bonds. The second-order valence-electron chi connectivity index (χ2n) is 11.0. The molecule has 0 saturated heterocycles. The maximum absolute atomic E-state index is 13.1. The van der Waals surface area contributed by atoms with Gasteiger partial charge in [-0.05, 0) is 68.8 Å². The fraction of sp³-hybridized carbons (Fsp3) is 0.714. The van der Waals surface area contributed by atoms with Crippen molar-refractivity contribution in [3.05, 3.63) is 34.7 Å². The zero-order chi connectivity index (χ0) is 24.2. The van der Waals surface area contributed by atoms with Crippen LogP contribution in [0.5, 0.6) is 0 Å². The van der Waals surface area contributed by atoms with E-state index in [4.69, 9.17) is 23.2 Å². The van der Waals surface area contributed by atoms with Crippen LogP contribution < -0.4 is 0 Å². The molecule has 1 aromatic rings. The molecule has 1 saturated carbocycles. The zero-order valence-electron chi connectivity index (χ0n) is 20.9. The fourth-order valence-corrected chi connectivity index (χ4v) is 6.49. The number of fused-ring (bicyclic) bond motifs is 1. The topological polar surface area (TPSA) is 45.8 Å². The van der Waals surface area contributed by atoms with Gasteiger partial charge in [-0.2, -0.15) is 5.26 Å². The number of ketones is 1. The molecule has 2 aliphatic rings. The number of carbonyl (C=O) groups is 1. The Kier molecular flexibility index (Phi) is 8.79. The standard InChI is InChI=1S/C28H40Cl2N2O/c1-5-11-21-13-14-22(12-9-7-6-8-10-15-27(3,4)18-21)24-20(2)23(19-31)25-26(33)28(29,30)16-17-32(24)25/h5,11,21-22H,6-10,12-18H2,1-4H3. The average molecular weight is 492 g/mol. The summed E-state index contributed by atoms with van der Waals surface area (Å²) >= 11 is 12.7. The molecule has 2 atom stereocenters. The summed E-state index contributed by atoms with van der Waals surface area (Å²) < 4.78 is 0.660. The van der Waals surface area contributed by atoms with Gasteiger partial charge in [-0.1, -0.05) is 81.3 Å². The molecule has 3 rings (SSSR count). The third-order valence-corrected chi connectivity index (χ3v) is 8.54. The molecule has 1 aliphatic carbocycles. The van der Waals surface area contributed by atoms with Crippen LogP contribution in [0.4, 0.5) is 0 Å². The number of nitrogens with zero attached hydrogens (tertiary/aromatic N) is 2. The molecule has 1 aromatic heterocycles. The first-order valence-electron chi connectivity index (χ1n) is 12.8. The Labute approximate surface area is 210 Å². The fourth-order valence-electron chi connectivity index (χ4n) is 6.14. The number of hydrogen-bond donors (Lipinski definition) is 0. The molecule has 0 bridgehead atoms. The molecule has 2 heterocycles. The van der Waals surface area contributed by atoms with Crippen LogP contribution in [0.15, 0.2) is 12.2 Å². The quantitative estimate of drug-likeness (QED) is 0.307. The summed E-state index contributed by atoms with van der Waals surface area (Å²) in [6.07, 6.45) is 17.1. The third kappa shape index (κ3) is 6.07. The predicted octanol–water partition coefficient (Wildman–Crippen LogP) is 8.65. The highest BCUT2D eigenvalue weighted by Crippen LogP contribution is 2.43. The Morgan fingerprint density at radius 3 is 2.45 bits per heavy atom. The van der Waals surface area contributed by atoms with E-state index in [0.29, 0.717) is 41.5 Å². The Bertz CT molecular complexity index is 919. The summed E-state index contributed by atoms with van der Waals surface area (Å²) in [5, 5.41) is 9.92. The van der Waals surface area contributed by atoms with Gasteiger partial charge in [0.1, 0.15) is 11.8 Å². The van der Waals surface area contributed by atoms with E-state index >= 15 is 0 Å². The molecular formula is C28H40Cl2N2O. The van der Waals surface area contributed by atoms with E-state index in [1.54, 1.807) is 0 Å². The van der Waals surface area contributed by atoms with Crippen LogP contribution in [0, 0.1) is 29.6 Å². The maximum Gasteiger partial charge on any atom is 0.216 e. The first kappa shape index (κ1) is 26.4. The van der Waals surface area contributed by atoms with Crippen molar-refractivity contribution < 1.29 is 4.79 Å². The van der Waals surface area contributed by atoms with Crippen molar-refractivity contribution in [2.75, 3.05) is 0 Å². The summed E-state index contributed by atoms with van der Waals surface area (Å²) in [5.41, 5.74) is 3.36.